The van der Waals surface area contributed by atoms with E-state index in [4.69, 9.17) is 22.7 Å². The zero-order valence-electron chi connectivity index (χ0n) is 12.2. The zero-order valence-corrected chi connectivity index (χ0v) is 13.0. The molecule has 114 valence electrons. The van der Waals surface area contributed by atoms with Crippen LogP contribution in [0.25, 0.3) is 0 Å². The molecule has 2 heterocycles. The fourth-order valence-electron chi connectivity index (χ4n) is 2.20. The van der Waals surface area contributed by atoms with Crippen molar-refractivity contribution in [1.29, 1.82) is 0 Å². The Balaban J connectivity index is 2.24. The molecule has 1 aromatic rings. The zero-order chi connectivity index (χ0) is 15.4. The van der Waals surface area contributed by atoms with Crippen molar-refractivity contribution in [3.63, 3.8) is 0 Å². The Morgan fingerprint density at radius 1 is 1.57 bits per heavy atom. The third kappa shape index (κ3) is 3.89. The van der Waals surface area contributed by atoms with Crippen LogP contribution >= 0.6 is 12.2 Å². The topological polar surface area (TPSA) is 80.5 Å². The highest BCUT2D eigenvalue weighted by Gasteiger charge is 2.30. The van der Waals surface area contributed by atoms with E-state index in [0.717, 1.165) is 0 Å². The highest BCUT2D eigenvalue weighted by atomic mass is 32.1. The van der Waals surface area contributed by atoms with Crippen LogP contribution in [-0.2, 0) is 9.53 Å². The first-order valence-corrected chi connectivity index (χ1v) is 7.31. The van der Waals surface area contributed by atoms with E-state index in [9.17, 15) is 4.79 Å². The summed E-state index contributed by atoms with van der Waals surface area (Å²) < 4.78 is 5.43. The summed E-state index contributed by atoms with van der Waals surface area (Å²) in [7, 11) is 0. The van der Waals surface area contributed by atoms with Crippen molar-refractivity contribution in [2.75, 3.05) is 24.7 Å². The summed E-state index contributed by atoms with van der Waals surface area (Å²) in [6.07, 6.45) is 0. The number of anilines is 1. The number of rotatable bonds is 4. The van der Waals surface area contributed by atoms with Gasteiger partial charge >= 0.3 is 0 Å². The third-order valence-corrected chi connectivity index (χ3v) is 3.35. The number of carbonyl (C=O) groups excluding carboxylic acids is 1. The molecule has 1 aromatic heterocycles. The summed E-state index contributed by atoms with van der Waals surface area (Å²) in [4.78, 5) is 18.9. The second kappa shape index (κ2) is 6.82. The van der Waals surface area contributed by atoms with E-state index in [1.807, 2.05) is 30.9 Å². The average Bonchev–Trinajstić information content (AvgIpc) is 2.46. The van der Waals surface area contributed by atoms with Crippen LogP contribution in [0.3, 0.4) is 0 Å². The van der Waals surface area contributed by atoms with Crippen molar-refractivity contribution in [2.24, 2.45) is 5.73 Å². The number of hydrogen-bond acceptors (Lipinski definition) is 5. The Bertz CT molecular complexity index is 535. The van der Waals surface area contributed by atoms with E-state index in [2.05, 4.69) is 10.3 Å². The number of pyridine rings is 1. The van der Waals surface area contributed by atoms with Crippen LogP contribution in [-0.4, -0.2) is 47.7 Å². The predicted molar refractivity (Wildman–Crippen MR) is 85.4 cm³/mol. The molecule has 1 aliphatic heterocycles. The summed E-state index contributed by atoms with van der Waals surface area (Å²) in [5.41, 5.74) is 6.17. The molecule has 1 unspecified atom stereocenters. The number of carbonyl (C=O) groups is 1. The number of morpholine rings is 1. The first-order valence-electron chi connectivity index (χ1n) is 6.90. The summed E-state index contributed by atoms with van der Waals surface area (Å²) in [6.45, 7) is 5.36. The van der Waals surface area contributed by atoms with Gasteiger partial charge in [0.2, 0.25) is 5.91 Å². The van der Waals surface area contributed by atoms with Gasteiger partial charge in [0.05, 0.1) is 18.9 Å². The smallest absolute Gasteiger partial charge is 0.245 e. The maximum Gasteiger partial charge on any atom is 0.245 e. The monoisotopic (exact) mass is 308 g/mol. The Morgan fingerprint density at radius 3 is 3.00 bits per heavy atom. The van der Waals surface area contributed by atoms with Gasteiger partial charge in [-0.1, -0.05) is 18.3 Å². The Kier molecular flexibility index (Phi) is 5.08. The van der Waals surface area contributed by atoms with E-state index in [1.54, 1.807) is 6.07 Å². The predicted octanol–water partition coefficient (Wildman–Crippen LogP) is 0.446. The molecule has 1 amide bonds. The standard InChI is InChI=1S/C14H20N4O2S/c1-9(2)16-14(19)11-8-20-7-6-18(11)12-5-3-4-10(17-12)13(15)21/h3-5,9,11H,6-8H2,1-2H3,(H2,15,21)(H,16,19). The number of nitrogens with one attached hydrogen (secondary N) is 1. The molecule has 6 nitrogen and oxygen atoms in total. The van der Waals surface area contributed by atoms with Crippen molar-refractivity contribution in [1.82, 2.24) is 10.3 Å². The van der Waals surface area contributed by atoms with Crippen molar-refractivity contribution in [2.45, 2.75) is 25.9 Å². The van der Waals surface area contributed by atoms with Crippen LogP contribution in [0, 0.1) is 0 Å². The van der Waals surface area contributed by atoms with Gasteiger partial charge in [-0.25, -0.2) is 4.98 Å². The van der Waals surface area contributed by atoms with E-state index >= 15 is 0 Å². The number of hydrogen-bond donors (Lipinski definition) is 2. The minimum absolute atomic E-state index is 0.0628. The molecular formula is C14H20N4O2S. The minimum Gasteiger partial charge on any atom is -0.388 e. The molecule has 0 bridgehead atoms. The lowest BCUT2D eigenvalue weighted by Crippen LogP contribution is -2.55. The van der Waals surface area contributed by atoms with E-state index < -0.39 is 6.04 Å². The number of nitrogens with two attached hydrogens (primary N) is 1. The fourth-order valence-corrected chi connectivity index (χ4v) is 2.31. The van der Waals surface area contributed by atoms with Gasteiger partial charge < -0.3 is 20.7 Å². The molecule has 7 heteroatoms. The van der Waals surface area contributed by atoms with Crippen LogP contribution in [0.4, 0.5) is 5.82 Å². The van der Waals surface area contributed by atoms with E-state index in [0.29, 0.717) is 31.3 Å². The molecule has 0 saturated carbocycles. The van der Waals surface area contributed by atoms with Crippen molar-refractivity contribution in [3.05, 3.63) is 23.9 Å². The molecule has 1 atom stereocenters. The molecular weight excluding hydrogens is 288 g/mol. The number of aromatic nitrogens is 1. The summed E-state index contributed by atoms with van der Waals surface area (Å²) in [5.74, 6) is 0.625. The third-order valence-electron chi connectivity index (χ3n) is 3.14. The Labute approximate surface area is 129 Å². The summed E-state index contributed by atoms with van der Waals surface area (Å²) in [5, 5.41) is 2.91. The fraction of sp³-hybridized carbons (Fsp3) is 0.500. The van der Waals surface area contributed by atoms with Crippen LogP contribution in [0.1, 0.15) is 19.5 Å². The molecule has 1 fully saturated rings. The van der Waals surface area contributed by atoms with Gasteiger partial charge in [-0.05, 0) is 26.0 Å². The number of thiocarbonyl (C=S) groups is 1. The lowest BCUT2D eigenvalue weighted by Gasteiger charge is -2.35. The largest absolute Gasteiger partial charge is 0.388 e. The average molecular weight is 308 g/mol. The van der Waals surface area contributed by atoms with Crippen molar-refractivity contribution in [3.8, 4) is 0 Å². The van der Waals surface area contributed by atoms with Gasteiger partial charge in [-0.2, -0.15) is 0 Å². The van der Waals surface area contributed by atoms with Crippen LogP contribution in [0.15, 0.2) is 18.2 Å². The molecule has 1 aliphatic rings. The Morgan fingerprint density at radius 2 is 2.33 bits per heavy atom. The molecule has 0 spiro atoms. The quantitative estimate of drug-likeness (QED) is 0.786. The van der Waals surface area contributed by atoms with Crippen LogP contribution in [0.2, 0.25) is 0 Å². The molecule has 0 aliphatic carbocycles. The van der Waals surface area contributed by atoms with Gasteiger partial charge in [-0.15, -0.1) is 0 Å². The van der Waals surface area contributed by atoms with Crippen molar-refractivity contribution >= 4 is 28.9 Å². The first-order chi connectivity index (χ1) is 9.99. The molecule has 3 N–H and O–H groups in total. The van der Waals surface area contributed by atoms with Gasteiger partial charge in [0.25, 0.3) is 0 Å². The second-order valence-electron chi connectivity index (χ2n) is 5.19. The van der Waals surface area contributed by atoms with Crippen LogP contribution < -0.4 is 16.0 Å². The summed E-state index contributed by atoms with van der Waals surface area (Å²) in [6, 6.07) is 5.13. The maximum atomic E-state index is 12.3. The lowest BCUT2D eigenvalue weighted by molar-refractivity contribution is -0.125. The van der Waals surface area contributed by atoms with Gasteiger partial charge in [0.15, 0.2) is 0 Å². The van der Waals surface area contributed by atoms with E-state index in [-0.39, 0.29) is 16.9 Å². The van der Waals surface area contributed by atoms with Gasteiger partial charge in [0.1, 0.15) is 16.8 Å². The number of nitrogens with zero attached hydrogens (tertiary/aromatic N) is 2. The normalized spacial score (nSPS) is 18.6. The highest BCUT2D eigenvalue weighted by molar-refractivity contribution is 7.80. The Hall–Kier alpha value is -1.73. The molecule has 0 radical (unpaired) electrons. The minimum atomic E-state index is -0.393. The second-order valence-corrected chi connectivity index (χ2v) is 5.63. The SMILES string of the molecule is CC(C)NC(=O)C1COCCN1c1cccc(C(N)=S)n1. The molecule has 2 rings (SSSR count). The summed E-state index contributed by atoms with van der Waals surface area (Å²) >= 11 is 4.95. The van der Waals surface area contributed by atoms with Gasteiger partial charge in [-0.3, -0.25) is 4.79 Å². The first kappa shape index (κ1) is 15.7. The molecule has 0 aromatic carbocycles. The van der Waals surface area contributed by atoms with Crippen LogP contribution in [0.5, 0.6) is 0 Å². The maximum absolute atomic E-state index is 12.3. The number of ether oxygens (including phenoxy) is 1. The molecule has 1 saturated heterocycles. The number of amides is 1. The van der Waals surface area contributed by atoms with Crippen molar-refractivity contribution < 1.29 is 9.53 Å². The highest BCUT2D eigenvalue weighted by Crippen LogP contribution is 2.18. The van der Waals surface area contributed by atoms with Gasteiger partial charge in [0, 0.05) is 12.6 Å². The molecule has 21 heavy (non-hydrogen) atoms. The van der Waals surface area contributed by atoms with E-state index in [1.165, 1.54) is 0 Å². The lowest BCUT2D eigenvalue weighted by atomic mass is 10.2.